The number of carbonyl (C=O) groups excluding carboxylic acids is 1. The summed E-state index contributed by atoms with van der Waals surface area (Å²) in [6, 6.07) is 14.4. The lowest BCUT2D eigenvalue weighted by Crippen LogP contribution is -2.39. The van der Waals surface area contributed by atoms with Gasteiger partial charge in [0.05, 0.1) is 45.6 Å². The Morgan fingerprint density at radius 3 is 2.70 bits per heavy atom. The Kier molecular flexibility index (Phi) is 7.59. The number of carboxylic acids is 1. The first-order valence-corrected chi connectivity index (χ1v) is 13.8. The Hall–Kier alpha value is -4.22. The molecule has 0 amide bonds. The van der Waals surface area contributed by atoms with E-state index < -0.39 is 18.0 Å². The van der Waals surface area contributed by atoms with Gasteiger partial charge in [-0.2, -0.15) is 0 Å². The average molecular weight is 623 g/mol. The van der Waals surface area contributed by atoms with Gasteiger partial charge in [-0.05, 0) is 71.7 Å². The normalized spacial score (nSPS) is 15.0. The maximum absolute atomic E-state index is 13.8. The van der Waals surface area contributed by atoms with Crippen molar-refractivity contribution in [3.05, 3.63) is 107 Å². The summed E-state index contributed by atoms with van der Waals surface area (Å²) >= 11 is 4.68. The standard InChI is InChI=1S/C29H23BrN2O7S/c1-4-38-28(36)24-15(2)31-29-32(25(24)17-8-10-22(37-3)20(30)13-17)26(33)23(40-29)14-19-9-11-21(39-19)16-6-5-7-18(12-16)27(34)35/h5-14,25H,4H2,1-3H3,(H,34,35). The largest absolute Gasteiger partial charge is 0.496 e. The van der Waals surface area contributed by atoms with Crippen LogP contribution in [0.2, 0.25) is 0 Å². The molecule has 0 bridgehead atoms. The molecule has 0 aliphatic carbocycles. The van der Waals surface area contributed by atoms with Crippen LogP contribution >= 0.6 is 27.3 Å². The predicted octanol–water partition coefficient (Wildman–Crippen LogP) is 4.53. The lowest BCUT2D eigenvalue weighted by Gasteiger charge is -2.25. The minimum Gasteiger partial charge on any atom is -0.496 e. The number of rotatable bonds is 7. The summed E-state index contributed by atoms with van der Waals surface area (Å²) in [7, 11) is 1.56. The topological polar surface area (TPSA) is 120 Å². The van der Waals surface area contributed by atoms with Crippen LogP contribution in [-0.2, 0) is 9.53 Å². The molecule has 9 nitrogen and oxygen atoms in total. The monoisotopic (exact) mass is 622 g/mol. The zero-order valence-electron chi connectivity index (χ0n) is 21.6. The molecule has 5 rings (SSSR count). The molecule has 0 fully saturated rings. The molecule has 11 heteroatoms. The molecule has 1 unspecified atom stereocenters. The van der Waals surface area contributed by atoms with E-state index in [4.69, 9.17) is 13.9 Å². The Morgan fingerprint density at radius 1 is 1.20 bits per heavy atom. The van der Waals surface area contributed by atoms with Crippen LogP contribution in [0.3, 0.4) is 0 Å². The second kappa shape index (κ2) is 11.1. The van der Waals surface area contributed by atoms with Crippen molar-refractivity contribution >= 4 is 45.3 Å². The third-order valence-corrected chi connectivity index (χ3v) is 7.91. The van der Waals surface area contributed by atoms with Crippen molar-refractivity contribution in [3.8, 4) is 17.1 Å². The van der Waals surface area contributed by atoms with Gasteiger partial charge in [-0.15, -0.1) is 0 Å². The van der Waals surface area contributed by atoms with Crippen molar-refractivity contribution in [2.24, 2.45) is 4.99 Å². The number of fused-ring (bicyclic) bond motifs is 1. The summed E-state index contributed by atoms with van der Waals surface area (Å²) in [6.45, 7) is 3.62. The average Bonchev–Trinajstić information content (AvgIpc) is 3.52. The molecule has 0 radical (unpaired) electrons. The number of benzene rings is 2. The zero-order chi connectivity index (χ0) is 28.6. The van der Waals surface area contributed by atoms with E-state index in [9.17, 15) is 19.5 Å². The van der Waals surface area contributed by atoms with Gasteiger partial charge in [0.15, 0.2) is 4.80 Å². The molecule has 0 saturated heterocycles. The van der Waals surface area contributed by atoms with Crippen molar-refractivity contribution in [1.82, 2.24) is 4.57 Å². The van der Waals surface area contributed by atoms with Crippen LogP contribution < -0.4 is 19.6 Å². The van der Waals surface area contributed by atoms with Crippen molar-refractivity contribution in [1.29, 1.82) is 0 Å². The van der Waals surface area contributed by atoms with Gasteiger partial charge >= 0.3 is 11.9 Å². The molecule has 0 saturated carbocycles. The van der Waals surface area contributed by atoms with E-state index in [2.05, 4.69) is 20.9 Å². The summed E-state index contributed by atoms with van der Waals surface area (Å²) in [4.78, 5) is 43.2. The predicted molar refractivity (Wildman–Crippen MR) is 152 cm³/mol. The second-order valence-corrected chi connectivity index (χ2v) is 10.6. The number of esters is 1. The van der Waals surface area contributed by atoms with Crippen LogP contribution in [-0.4, -0.2) is 35.3 Å². The van der Waals surface area contributed by atoms with E-state index in [-0.39, 0.29) is 23.3 Å². The lowest BCUT2D eigenvalue weighted by atomic mass is 9.96. The number of aromatic carboxylic acids is 1. The van der Waals surface area contributed by atoms with Crippen LogP contribution in [0, 0.1) is 0 Å². The Bertz CT molecular complexity index is 1870. The molecular formula is C29H23BrN2O7S. The highest BCUT2D eigenvalue weighted by atomic mass is 79.9. The van der Waals surface area contributed by atoms with E-state index in [1.165, 1.54) is 28.0 Å². The molecule has 0 spiro atoms. The number of thiazole rings is 1. The van der Waals surface area contributed by atoms with Gasteiger partial charge in [0.2, 0.25) is 0 Å². The zero-order valence-corrected chi connectivity index (χ0v) is 24.0. The van der Waals surface area contributed by atoms with Gasteiger partial charge in [-0.3, -0.25) is 9.36 Å². The minimum atomic E-state index is -1.04. The number of ether oxygens (including phenoxy) is 2. The first-order valence-electron chi connectivity index (χ1n) is 12.2. The second-order valence-electron chi connectivity index (χ2n) is 8.78. The highest BCUT2D eigenvalue weighted by Gasteiger charge is 2.33. The van der Waals surface area contributed by atoms with Crippen molar-refractivity contribution in [2.45, 2.75) is 19.9 Å². The fourth-order valence-corrected chi connectivity index (χ4v) is 6.06. The molecular weight excluding hydrogens is 600 g/mol. The van der Waals surface area contributed by atoms with E-state index in [1.807, 2.05) is 6.07 Å². The summed E-state index contributed by atoms with van der Waals surface area (Å²) in [5, 5.41) is 9.29. The molecule has 1 N–H and O–H groups in total. The van der Waals surface area contributed by atoms with E-state index in [0.29, 0.717) is 47.9 Å². The molecule has 1 aliphatic heterocycles. The maximum atomic E-state index is 13.8. The molecule has 4 aromatic rings. The number of halogens is 1. The molecule has 40 heavy (non-hydrogen) atoms. The van der Waals surface area contributed by atoms with Crippen LogP contribution in [0.4, 0.5) is 0 Å². The smallest absolute Gasteiger partial charge is 0.338 e. The molecule has 1 aliphatic rings. The summed E-state index contributed by atoms with van der Waals surface area (Å²) in [6.07, 6.45) is 1.61. The maximum Gasteiger partial charge on any atom is 0.338 e. The number of allylic oxidation sites excluding steroid dienone is 1. The molecule has 3 heterocycles. The fourth-order valence-electron chi connectivity index (χ4n) is 4.48. The Balaban J connectivity index is 1.63. The van der Waals surface area contributed by atoms with Gasteiger partial charge in [0, 0.05) is 11.6 Å². The van der Waals surface area contributed by atoms with E-state index in [1.54, 1.807) is 63.4 Å². The number of furan rings is 1. The highest BCUT2D eigenvalue weighted by molar-refractivity contribution is 9.10. The number of nitrogens with zero attached hydrogens (tertiary/aromatic N) is 2. The third-order valence-electron chi connectivity index (χ3n) is 6.30. The first kappa shape index (κ1) is 27.4. The van der Waals surface area contributed by atoms with Gasteiger partial charge in [-0.25, -0.2) is 14.6 Å². The number of hydrogen-bond acceptors (Lipinski definition) is 8. The quantitative estimate of drug-likeness (QED) is 0.301. The van der Waals surface area contributed by atoms with Crippen LogP contribution in [0.25, 0.3) is 17.4 Å². The molecule has 204 valence electrons. The number of methoxy groups -OCH3 is 1. The minimum absolute atomic E-state index is 0.140. The SMILES string of the molecule is CCOC(=O)C1=C(C)N=c2sc(=Cc3ccc(-c4cccc(C(=O)O)c4)o3)c(=O)n2C1c1ccc(OC)c(Br)c1. The molecule has 1 atom stereocenters. The Morgan fingerprint density at radius 2 is 2.00 bits per heavy atom. The third kappa shape index (κ3) is 5.05. The van der Waals surface area contributed by atoms with Gasteiger partial charge in [0.1, 0.15) is 17.3 Å². The molecule has 2 aromatic carbocycles. The number of carboxylic acid groups (broad SMARTS) is 1. The van der Waals surface area contributed by atoms with Crippen molar-refractivity contribution < 1.29 is 28.6 Å². The van der Waals surface area contributed by atoms with Crippen LogP contribution in [0.5, 0.6) is 5.75 Å². The number of aromatic nitrogens is 1. The summed E-state index contributed by atoms with van der Waals surface area (Å²) < 4.78 is 19.1. The number of hydrogen-bond donors (Lipinski definition) is 1. The van der Waals surface area contributed by atoms with E-state index >= 15 is 0 Å². The van der Waals surface area contributed by atoms with Gasteiger partial charge in [-0.1, -0.05) is 29.5 Å². The summed E-state index contributed by atoms with van der Waals surface area (Å²) in [5.41, 5.74) is 1.80. The van der Waals surface area contributed by atoms with Crippen molar-refractivity contribution in [2.75, 3.05) is 13.7 Å². The van der Waals surface area contributed by atoms with Crippen LogP contribution in [0.15, 0.2) is 84.5 Å². The number of carbonyl (C=O) groups is 2. The first-order chi connectivity index (χ1) is 19.2. The summed E-state index contributed by atoms with van der Waals surface area (Å²) in [5.74, 6) is -0.105. The van der Waals surface area contributed by atoms with Gasteiger partial charge < -0.3 is 19.0 Å². The van der Waals surface area contributed by atoms with Crippen molar-refractivity contribution in [3.63, 3.8) is 0 Å². The van der Waals surface area contributed by atoms with E-state index in [0.717, 1.165) is 0 Å². The fraction of sp³-hybridized carbons (Fsp3) is 0.172. The van der Waals surface area contributed by atoms with Gasteiger partial charge in [0.25, 0.3) is 5.56 Å². The lowest BCUT2D eigenvalue weighted by molar-refractivity contribution is -0.139. The Labute approximate surface area is 240 Å². The van der Waals surface area contributed by atoms with Crippen LogP contribution in [0.1, 0.15) is 41.6 Å². The molecule has 2 aromatic heterocycles. The highest BCUT2D eigenvalue weighted by Crippen LogP contribution is 2.35.